The van der Waals surface area contributed by atoms with E-state index in [2.05, 4.69) is 15.5 Å². The molecule has 1 heterocycles. The number of aromatic nitrogens is 2. The van der Waals surface area contributed by atoms with Gasteiger partial charge in [0, 0.05) is 11.7 Å². The fraction of sp³-hybridized carbons (Fsp3) is 0.500. The monoisotopic (exact) mass is 223 g/mol. The van der Waals surface area contributed by atoms with Crippen LogP contribution in [0, 0.1) is 12.8 Å². The van der Waals surface area contributed by atoms with Crippen molar-refractivity contribution >= 4 is 11.9 Å². The molecule has 0 aliphatic heterocycles. The average molecular weight is 223 g/mol. The summed E-state index contributed by atoms with van der Waals surface area (Å²) in [6.45, 7) is 1.81. The third-order valence-corrected chi connectivity index (χ3v) is 2.76. The quantitative estimate of drug-likeness (QED) is 0.687. The number of amides is 1. The van der Waals surface area contributed by atoms with Gasteiger partial charge in [-0.2, -0.15) is 5.10 Å². The Morgan fingerprint density at radius 2 is 2.25 bits per heavy atom. The van der Waals surface area contributed by atoms with E-state index in [1.165, 1.54) is 0 Å². The molecule has 2 rings (SSSR count). The molecule has 6 nitrogen and oxygen atoms in total. The summed E-state index contributed by atoms with van der Waals surface area (Å²) < 4.78 is 0. The van der Waals surface area contributed by atoms with Crippen LogP contribution in [-0.2, 0) is 4.79 Å². The van der Waals surface area contributed by atoms with Gasteiger partial charge in [0.15, 0.2) is 0 Å². The van der Waals surface area contributed by atoms with Crippen LogP contribution in [0.3, 0.4) is 0 Å². The molecule has 3 N–H and O–H groups in total. The third kappa shape index (κ3) is 2.05. The zero-order valence-electron chi connectivity index (χ0n) is 8.86. The lowest BCUT2D eigenvalue weighted by Crippen LogP contribution is -2.46. The first kappa shape index (κ1) is 10.7. The van der Waals surface area contributed by atoms with Crippen LogP contribution in [0.15, 0.2) is 6.07 Å². The number of carboxylic acid groups (broad SMARTS) is 1. The van der Waals surface area contributed by atoms with Gasteiger partial charge in [0.25, 0.3) is 5.91 Å². The van der Waals surface area contributed by atoms with Crippen molar-refractivity contribution in [1.82, 2.24) is 15.5 Å². The lowest BCUT2D eigenvalue weighted by molar-refractivity contribution is -0.145. The van der Waals surface area contributed by atoms with Gasteiger partial charge in [-0.15, -0.1) is 0 Å². The number of H-pyrrole nitrogens is 1. The van der Waals surface area contributed by atoms with E-state index in [0.29, 0.717) is 18.5 Å². The van der Waals surface area contributed by atoms with Gasteiger partial charge in [0.2, 0.25) is 0 Å². The molecule has 1 saturated carbocycles. The lowest BCUT2D eigenvalue weighted by Gasteiger charge is -2.32. The van der Waals surface area contributed by atoms with Gasteiger partial charge in [-0.3, -0.25) is 14.7 Å². The number of nitrogens with zero attached hydrogens (tertiary/aromatic N) is 1. The second-order valence-electron chi connectivity index (χ2n) is 4.11. The molecular weight excluding hydrogens is 210 g/mol. The minimum absolute atomic E-state index is 0.0365. The van der Waals surface area contributed by atoms with Crippen molar-refractivity contribution in [3.05, 3.63) is 17.5 Å². The molecule has 0 bridgehead atoms. The standard InChI is InChI=1S/C10H13N3O3/c1-5-2-8(13-12-5)9(14)11-7-3-6(4-7)10(15)16/h2,6-7H,3-4H2,1H3,(H,11,14)(H,12,13)(H,15,16). The molecule has 0 spiro atoms. The van der Waals surface area contributed by atoms with Crippen LogP contribution in [0.1, 0.15) is 29.0 Å². The fourth-order valence-electron chi connectivity index (χ4n) is 1.73. The first-order valence-electron chi connectivity index (χ1n) is 5.12. The topological polar surface area (TPSA) is 95.1 Å². The number of aryl methyl sites for hydroxylation is 1. The zero-order valence-corrected chi connectivity index (χ0v) is 8.86. The molecule has 1 aromatic heterocycles. The molecule has 1 amide bonds. The zero-order chi connectivity index (χ0) is 11.7. The normalized spacial score (nSPS) is 23.6. The first-order chi connectivity index (χ1) is 7.56. The van der Waals surface area contributed by atoms with Crippen molar-refractivity contribution in [3.63, 3.8) is 0 Å². The Morgan fingerprint density at radius 3 is 2.75 bits per heavy atom. The van der Waals surface area contributed by atoms with E-state index in [1.54, 1.807) is 6.07 Å². The number of rotatable bonds is 3. The maximum absolute atomic E-state index is 11.6. The number of aliphatic carboxylic acids is 1. The highest BCUT2D eigenvalue weighted by Gasteiger charge is 2.35. The predicted molar refractivity (Wildman–Crippen MR) is 54.9 cm³/mol. The van der Waals surface area contributed by atoms with Gasteiger partial charge in [-0.1, -0.05) is 0 Å². The summed E-state index contributed by atoms with van der Waals surface area (Å²) in [5.74, 6) is -1.36. The number of carbonyl (C=O) groups is 2. The van der Waals surface area contributed by atoms with Crippen molar-refractivity contribution in [2.45, 2.75) is 25.8 Å². The van der Waals surface area contributed by atoms with Crippen molar-refractivity contribution in [1.29, 1.82) is 0 Å². The molecular formula is C10H13N3O3. The Morgan fingerprint density at radius 1 is 1.56 bits per heavy atom. The van der Waals surface area contributed by atoms with E-state index >= 15 is 0 Å². The van der Waals surface area contributed by atoms with Crippen LogP contribution in [0.4, 0.5) is 0 Å². The van der Waals surface area contributed by atoms with Crippen LogP contribution < -0.4 is 5.32 Å². The summed E-state index contributed by atoms with van der Waals surface area (Å²) >= 11 is 0. The second kappa shape index (κ2) is 3.96. The van der Waals surface area contributed by atoms with Crippen molar-refractivity contribution in [2.24, 2.45) is 5.92 Å². The third-order valence-electron chi connectivity index (χ3n) is 2.76. The lowest BCUT2D eigenvalue weighted by atomic mass is 9.80. The number of hydrogen-bond acceptors (Lipinski definition) is 3. The summed E-state index contributed by atoms with van der Waals surface area (Å²) in [6, 6.07) is 1.62. The van der Waals surface area contributed by atoms with Gasteiger partial charge in [0.1, 0.15) is 5.69 Å². The van der Waals surface area contributed by atoms with Crippen LogP contribution in [0.2, 0.25) is 0 Å². The minimum atomic E-state index is -0.791. The van der Waals surface area contributed by atoms with Crippen LogP contribution >= 0.6 is 0 Å². The van der Waals surface area contributed by atoms with E-state index in [1.807, 2.05) is 6.92 Å². The molecule has 86 valence electrons. The fourth-order valence-corrected chi connectivity index (χ4v) is 1.73. The molecule has 16 heavy (non-hydrogen) atoms. The summed E-state index contributed by atoms with van der Waals surface area (Å²) in [5, 5.41) is 17.9. The maximum Gasteiger partial charge on any atom is 0.306 e. The summed E-state index contributed by atoms with van der Waals surface area (Å²) in [6.07, 6.45) is 1.01. The molecule has 1 fully saturated rings. The highest BCUT2D eigenvalue weighted by molar-refractivity contribution is 5.92. The van der Waals surface area contributed by atoms with Crippen LogP contribution in [-0.4, -0.2) is 33.2 Å². The van der Waals surface area contributed by atoms with E-state index in [9.17, 15) is 9.59 Å². The summed E-state index contributed by atoms with van der Waals surface area (Å²) in [4.78, 5) is 22.2. The number of nitrogens with one attached hydrogen (secondary N) is 2. The van der Waals surface area contributed by atoms with Crippen molar-refractivity contribution in [2.75, 3.05) is 0 Å². The van der Waals surface area contributed by atoms with Crippen molar-refractivity contribution in [3.8, 4) is 0 Å². The molecule has 6 heteroatoms. The number of carboxylic acids is 1. The van der Waals surface area contributed by atoms with Gasteiger partial charge < -0.3 is 10.4 Å². The molecule has 1 aromatic rings. The first-order valence-corrected chi connectivity index (χ1v) is 5.12. The molecule has 0 saturated heterocycles. The van der Waals surface area contributed by atoms with Crippen LogP contribution in [0.5, 0.6) is 0 Å². The highest BCUT2D eigenvalue weighted by Crippen LogP contribution is 2.27. The van der Waals surface area contributed by atoms with Gasteiger partial charge >= 0.3 is 5.97 Å². The van der Waals surface area contributed by atoms with E-state index in [4.69, 9.17) is 5.11 Å². The maximum atomic E-state index is 11.6. The van der Waals surface area contributed by atoms with Gasteiger partial charge in [0.05, 0.1) is 5.92 Å². The molecule has 0 unspecified atom stereocenters. The van der Waals surface area contributed by atoms with Gasteiger partial charge in [-0.05, 0) is 25.8 Å². The van der Waals surface area contributed by atoms with Crippen molar-refractivity contribution < 1.29 is 14.7 Å². The molecule has 1 aliphatic rings. The smallest absolute Gasteiger partial charge is 0.306 e. The highest BCUT2D eigenvalue weighted by atomic mass is 16.4. The summed E-state index contributed by atoms with van der Waals surface area (Å²) in [5.41, 5.74) is 1.17. The SMILES string of the molecule is Cc1cc(C(=O)NC2CC(C(=O)O)C2)n[nH]1. The number of hydrogen-bond donors (Lipinski definition) is 3. The predicted octanol–water partition coefficient (Wildman–Crippen LogP) is 0.311. The molecule has 1 aliphatic carbocycles. The largest absolute Gasteiger partial charge is 0.481 e. The Hall–Kier alpha value is -1.85. The Labute approximate surface area is 92.0 Å². The number of aromatic amines is 1. The Balaban J connectivity index is 1.84. The molecule has 0 radical (unpaired) electrons. The number of carbonyl (C=O) groups excluding carboxylic acids is 1. The van der Waals surface area contributed by atoms with E-state index in [0.717, 1.165) is 5.69 Å². The summed E-state index contributed by atoms with van der Waals surface area (Å²) in [7, 11) is 0. The molecule has 0 aromatic carbocycles. The Bertz CT molecular complexity index is 421. The molecule has 0 atom stereocenters. The Kier molecular flexibility index (Phi) is 2.64. The van der Waals surface area contributed by atoms with E-state index < -0.39 is 5.97 Å². The second-order valence-corrected chi connectivity index (χ2v) is 4.11. The van der Waals surface area contributed by atoms with E-state index in [-0.39, 0.29) is 17.9 Å². The van der Waals surface area contributed by atoms with Crippen LogP contribution in [0.25, 0.3) is 0 Å². The minimum Gasteiger partial charge on any atom is -0.481 e. The average Bonchev–Trinajstić information content (AvgIpc) is 2.56. The van der Waals surface area contributed by atoms with Gasteiger partial charge in [-0.25, -0.2) is 0 Å².